The highest BCUT2D eigenvalue weighted by Crippen LogP contribution is 2.25. The van der Waals surface area contributed by atoms with Crippen LogP contribution in [-0.2, 0) is 6.54 Å². The van der Waals surface area contributed by atoms with Crippen LogP contribution in [-0.4, -0.2) is 43.7 Å². The van der Waals surface area contributed by atoms with Crippen molar-refractivity contribution in [2.24, 2.45) is 0 Å². The van der Waals surface area contributed by atoms with Crippen LogP contribution in [0.2, 0.25) is 0 Å². The Morgan fingerprint density at radius 3 is 2.85 bits per heavy atom. The molecule has 0 bridgehead atoms. The van der Waals surface area contributed by atoms with E-state index in [2.05, 4.69) is 30.3 Å². The molecule has 4 heterocycles. The topological polar surface area (TPSA) is 88.8 Å². The van der Waals surface area contributed by atoms with E-state index in [1.165, 1.54) is 0 Å². The minimum Gasteiger partial charge on any atom is -0.352 e. The fourth-order valence-electron chi connectivity index (χ4n) is 3.16. The van der Waals surface area contributed by atoms with E-state index in [4.69, 9.17) is 0 Å². The number of amides is 1. The van der Waals surface area contributed by atoms with Crippen LogP contribution in [0.5, 0.6) is 0 Å². The van der Waals surface area contributed by atoms with E-state index >= 15 is 0 Å². The van der Waals surface area contributed by atoms with Crippen LogP contribution in [0.3, 0.4) is 0 Å². The molecule has 4 rings (SSSR count). The summed E-state index contributed by atoms with van der Waals surface area (Å²) in [6.07, 6.45) is 9.29. The second-order valence-electron chi connectivity index (χ2n) is 6.14. The molecule has 0 spiro atoms. The third-order valence-electron chi connectivity index (χ3n) is 4.40. The van der Waals surface area contributed by atoms with Gasteiger partial charge in [-0.2, -0.15) is 5.10 Å². The van der Waals surface area contributed by atoms with Crippen molar-refractivity contribution in [3.05, 3.63) is 66.5 Å². The highest BCUT2D eigenvalue weighted by atomic mass is 16.1. The summed E-state index contributed by atoms with van der Waals surface area (Å²) in [5, 5.41) is 7.40. The van der Waals surface area contributed by atoms with Crippen molar-refractivity contribution in [1.29, 1.82) is 0 Å². The molecule has 132 valence electrons. The zero-order valence-electron chi connectivity index (χ0n) is 14.2. The lowest BCUT2D eigenvalue weighted by atomic mass is 10.1. The average molecular weight is 349 g/mol. The largest absolute Gasteiger partial charge is 0.352 e. The number of pyridine rings is 1. The first kappa shape index (κ1) is 16.2. The van der Waals surface area contributed by atoms with Gasteiger partial charge in [0.1, 0.15) is 0 Å². The van der Waals surface area contributed by atoms with Crippen LogP contribution in [0.25, 0.3) is 0 Å². The summed E-state index contributed by atoms with van der Waals surface area (Å²) < 4.78 is 2.04. The van der Waals surface area contributed by atoms with Crippen molar-refractivity contribution in [2.45, 2.75) is 19.0 Å². The predicted octanol–water partition coefficient (Wildman–Crippen LogP) is 1.45. The maximum absolute atomic E-state index is 12.2. The van der Waals surface area contributed by atoms with Crippen molar-refractivity contribution >= 4 is 11.9 Å². The van der Waals surface area contributed by atoms with Gasteiger partial charge in [0.2, 0.25) is 5.95 Å². The monoisotopic (exact) mass is 349 g/mol. The molecule has 8 heteroatoms. The Balaban J connectivity index is 1.42. The Morgan fingerprint density at radius 2 is 2.04 bits per heavy atom. The molecule has 0 aliphatic carbocycles. The van der Waals surface area contributed by atoms with Gasteiger partial charge in [-0.15, -0.1) is 0 Å². The quantitative estimate of drug-likeness (QED) is 0.750. The van der Waals surface area contributed by atoms with Crippen LogP contribution in [0.15, 0.2) is 55.2 Å². The minimum atomic E-state index is -0.113. The fraction of sp³-hybridized carbons (Fsp3) is 0.278. The third-order valence-corrected chi connectivity index (χ3v) is 4.40. The predicted molar refractivity (Wildman–Crippen MR) is 95.5 cm³/mol. The molecule has 1 N–H and O–H groups in total. The fourth-order valence-corrected chi connectivity index (χ4v) is 3.16. The number of rotatable bonds is 5. The first-order valence-electron chi connectivity index (χ1n) is 8.54. The zero-order valence-corrected chi connectivity index (χ0v) is 14.2. The highest BCUT2D eigenvalue weighted by molar-refractivity contribution is 5.93. The van der Waals surface area contributed by atoms with E-state index in [1.54, 1.807) is 36.9 Å². The Bertz CT molecular complexity index is 866. The van der Waals surface area contributed by atoms with E-state index in [1.807, 2.05) is 23.0 Å². The lowest BCUT2D eigenvalue weighted by molar-refractivity contribution is 0.0950. The SMILES string of the molecule is O=C(NCC[C@@H]1CN(c2ncccn2)Cc2ccnn21)c1cccnc1. The summed E-state index contributed by atoms with van der Waals surface area (Å²) in [5.41, 5.74) is 1.68. The second-order valence-corrected chi connectivity index (χ2v) is 6.14. The number of aromatic nitrogens is 5. The van der Waals surface area contributed by atoms with Gasteiger partial charge >= 0.3 is 0 Å². The van der Waals surface area contributed by atoms with E-state index in [0.29, 0.717) is 18.1 Å². The lowest BCUT2D eigenvalue weighted by Crippen LogP contribution is -2.40. The maximum Gasteiger partial charge on any atom is 0.252 e. The number of carbonyl (C=O) groups excluding carboxylic acids is 1. The molecule has 1 aliphatic rings. The van der Waals surface area contributed by atoms with Crippen molar-refractivity contribution in [1.82, 2.24) is 30.0 Å². The molecule has 8 nitrogen and oxygen atoms in total. The van der Waals surface area contributed by atoms with Gasteiger partial charge in [0, 0.05) is 44.1 Å². The van der Waals surface area contributed by atoms with Crippen LogP contribution < -0.4 is 10.2 Å². The number of hydrogen-bond donors (Lipinski definition) is 1. The Labute approximate surface area is 150 Å². The summed E-state index contributed by atoms with van der Waals surface area (Å²) >= 11 is 0. The minimum absolute atomic E-state index is 0.113. The number of nitrogens with one attached hydrogen (secondary N) is 1. The molecule has 0 aromatic carbocycles. The number of nitrogens with zero attached hydrogens (tertiary/aromatic N) is 6. The summed E-state index contributed by atoms with van der Waals surface area (Å²) in [6.45, 7) is 2.03. The number of hydrogen-bond acceptors (Lipinski definition) is 6. The van der Waals surface area contributed by atoms with Gasteiger partial charge in [0.15, 0.2) is 0 Å². The van der Waals surface area contributed by atoms with Gasteiger partial charge in [0.25, 0.3) is 5.91 Å². The normalized spacial score (nSPS) is 16.2. The Morgan fingerprint density at radius 1 is 1.15 bits per heavy atom. The smallest absolute Gasteiger partial charge is 0.252 e. The summed E-state index contributed by atoms with van der Waals surface area (Å²) in [5.74, 6) is 0.599. The Kier molecular flexibility index (Phi) is 4.55. The van der Waals surface area contributed by atoms with E-state index in [0.717, 1.165) is 25.2 Å². The van der Waals surface area contributed by atoms with Crippen molar-refractivity contribution in [3.63, 3.8) is 0 Å². The molecule has 1 aliphatic heterocycles. The van der Waals surface area contributed by atoms with E-state index in [9.17, 15) is 4.79 Å². The van der Waals surface area contributed by atoms with Crippen LogP contribution in [0, 0.1) is 0 Å². The van der Waals surface area contributed by atoms with Crippen LogP contribution >= 0.6 is 0 Å². The van der Waals surface area contributed by atoms with Crippen LogP contribution in [0.1, 0.15) is 28.5 Å². The van der Waals surface area contributed by atoms with Gasteiger partial charge in [-0.1, -0.05) is 0 Å². The zero-order chi connectivity index (χ0) is 17.8. The molecular formula is C18H19N7O. The van der Waals surface area contributed by atoms with Gasteiger partial charge in [-0.25, -0.2) is 9.97 Å². The summed E-state index contributed by atoms with van der Waals surface area (Å²) in [4.78, 5) is 27.0. The van der Waals surface area contributed by atoms with Crippen molar-refractivity contribution in [3.8, 4) is 0 Å². The second kappa shape index (κ2) is 7.30. The standard InChI is InChI=1S/C18H19N7O/c26-17(14-3-1-6-19-11-14)20-9-4-15-12-24(18-21-7-2-8-22-18)13-16-5-10-23-25(15)16/h1-3,5-8,10-11,15H,4,9,12-13H2,(H,20,26)/t15-/m1/s1. The number of fused-ring (bicyclic) bond motifs is 1. The third kappa shape index (κ3) is 3.39. The molecule has 26 heavy (non-hydrogen) atoms. The molecule has 0 fully saturated rings. The molecule has 0 radical (unpaired) electrons. The summed E-state index contributed by atoms with van der Waals surface area (Å²) in [7, 11) is 0. The molecule has 3 aromatic rings. The van der Waals surface area contributed by atoms with Crippen molar-refractivity contribution in [2.75, 3.05) is 18.0 Å². The first-order valence-corrected chi connectivity index (χ1v) is 8.54. The molecule has 0 unspecified atom stereocenters. The average Bonchev–Trinajstić information content (AvgIpc) is 3.18. The maximum atomic E-state index is 12.2. The van der Waals surface area contributed by atoms with E-state index < -0.39 is 0 Å². The molecule has 0 saturated carbocycles. The van der Waals surface area contributed by atoms with Gasteiger partial charge in [0.05, 0.1) is 23.8 Å². The van der Waals surface area contributed by atoms with E-state index in [-0.39, 0.29) is 11.9 Å². The molecular weight excluding hydrogens is 330 g/mol. The number of anilines is 1. The van der Waals surface area contributed by atoms with Crippen LogP contribution in [0.4, 0.5) is 5.95 Å². The lowest BCUT2D eigenvalue weighted by Gasteiger charge is -2.34. The van der Waals surface area contributed by atoms with Gasteiger partial charge < -0.3 is 10.2 Å². The Hall–Kier alpha value is -3.29. The van der Waals surface area contributed by atoms with Gasteiger partial charge in [-0.05, 0) is 30.7 Å². The molecule has 1 amide bonds. The van der Waals surface area contributed by atoms with Crippen molar-refractivity contribution < 1.29 is 4.79 Å². The molecule has 0 saturated heterocycles. The highest BCUT2D eigenvalue weighted by Gasteiger charge is 2.26. The summed E-state index contributed by atoms with van der Waals surface area (Å²) in [6, 6.07) is 7.47. The first-order chi connectivity index (χ1) is 12.8. The number of carbonyl (C=O) groups is 1. The molecule has 1 atom stereocenters. The van der Waals surface area contributed by atoms with Gasteiger partial charge in [-0.3, -0.25) is 14.5 Å². The molecule has 3 aromatic heterocycles.